The number of thioether (sulfide) groups is 1. The quantitative estimate of drug-likeness (QED) is 0.656. The number of aromatic nitrogens is 2. The highest BCUT2D eigenvalue weighted by atomic mass is 32.2. The van der Waals surface area contributed by atoms with Crippen LogP contribution in [0.2, 0.25) is 0 Å². The second-order valence-electron chi connectivity index (χ2n) is 4.00. The molecule has 0 atom stereocenters. The molecule has 1 aromatic carbocycles. The average molecular weight is 278 g/mol. The minimum atomic E-state index is -0.213. The summed E-state index contributed by atoms with van der Waals surface area (Å²) in [6, 6.07) is 5.82. The molecule has 19 heavy (non-hydrogen) atoms. The normalized spacial score (nSPS) is 10.4. The molecule has 0 spiro atoms. The Hall–Kier alpha value is -2.02. The molecule has 0 bridgehead atoms. The molecule has 3 N–H and O–H groups in total. The van der Waals surface area contributed by atoms with E-state index >= 15 is 0 Å². The lowest BCUT2D eigenvalue weighted by molar-refractivity contribution is -0.113. The number of rotatable bonds is 4. The molecule has 1 aromatic heterocycles. The van der Waals surface area contributed by atoms with Crippen molar-refractivity contribution in [2.24, 2.45) is 0 Å². The largest absolute Gasteiger partial charge is 0.408 e. The van der Waals surface area contributed by atoms with Gasteiger partial charge in [0.1, 0.15) is 0 Å². The van der Waals surface area contributed by atoms with Crippen LogP contribution in [0.3, 0.4) is 0 Å². The number of hydrogen-bond acceptors (Lipinski definition) is 6. The zero-order valence-electron chi connectivity index (χ0n) is 10.6. The standard InChI is InChI=1S/C12H14N4O2S/c1-7-3-4-9(13)10(5-7)19-6-11(17)14-12-16-15-8(2)18-12/h3-5H,6,13H2,1-2H3,(H,14,16,17). The number of amides is 1. The van der Waals surface area contributed by atoms with Gasteiger partial charge in [0, 0.05) is 17.5 Å². The number of benzene rings is 1. The molecule has 0 aliphatic carbocycles. The number of nitrogen functional groups attached to an aromatic ring is 1. The van der Waals surface area contributed by atoms with Crippen LogP contribution in [-0.2, 0) is 4.79 Å². The molecule has 0 aliphatic heterocycles. The van der Waals surface area contributed by atoms with E-state index in [2.05, 4.69) is 15.5 Å². The Kier molecular flexibility index (Phi) is 4.06. The van der Waals surface area contributed by atoms with Gasteiger partial charge in [0.2, 0.25) is 11.8 Å². The molecule has 100 valence electrons. The van der Waals surface area contributed by atoms with Gasteiger partial charge in [-0.1, -0.05) is 11.2 Å². The maximum Gasteiger partial charge on any atom is 0.322 e. The molecule has 0 saturated carbocycles. The van der Waals surface area contributed by atoms with E-state index in [0.717, 1.165) is 10.5 Å². The topological polar surface area (TPSA) is 94.0 Å². The Balaban J connectivity index is 1.91. The molecule has 0 saturated heterocycles. The summed E-state index contributed by atoms with van der Waals surface area (Å²) in [6.07, 6.45) is 0. The van der Waals surface area contributed by atoms with Crippen molar-refractivity contribution < 1.29 is 9.21 Å². The number of carbonyl (C=O) groups is 1. The van der Waals surface area contributed by atoms with Crippen LogP contribution in [0.4, 0.5) is 11.7 Å². The van der Waals surface area contributed by atoms with Gasteiger partial charge in [0.15, 0.2) is 0 Å². The van der Waals surface area contributed by atoms with Crippen molar-refractivity contribution in [2.75, 3.05) is 16.8 Å². The summed E-state index contributed by atoms with van der Waals surface area (Å²) in [4.78, 5) is 12.6. The van der Waals surface area contributed by atoms with Crippen LogP contribution in [0.5, 0.6) is 0 Å². The third-order valence-electron chi connectivity index (χ3n) is 2.30. The first-order valence-electron chi connectivity index (χ1n) is 5.63. The van der Waals surface area contributed by atoms with Gasteiger partial charge in [-0.05, 0) is 24.6 Å². The van der Waals surface area contributed by atoms with Gasteiger partial charge < -0.3 is 10.2 Å². The first-order valence-corrected chi connectivity index (χ1v) is 6.62. The smallest absolute Gasteiger partial charge is 0.322 e. The van der Waals surface area contributed by atoms with Gasteiger partial charge in [-0.15, -0.1) is 16.9 Å². The Morgan fingerprint density at radius 3 is 2.89 bits per heavy atom. The van der Waals surface area contributed by atoms with E-state index in [1.807, 2.05) is 25.1 Å². The van der Waals surface area contributed by atoms with E-state index in [4.69, 9.17) is 10.2 Å². The average Bonchev–Trinajstić information content (AvgIpc) is 2.76. The van der Waals surface area contributed by atoms with Crippen LogP contribution in [0.15, 0.2) is 27.5 Å². The molecule has 1 amide bonds. The van der Waals surface area contributed by atoms with E-state index < -0.39 is 0 Å². The highest BCUT2D eigenvalue weighted by Gasteiger charge is 2.09. The van der Waals surface area contributed by atoms with E-state index in [1.54, 1.807) is 6.92 Å². The molecule has 2 rings (SSSR count). The number of nitrogens with one attached hydrogen (secondary N) is 1. The second-order valence-corrected chi connectivity index (χ2v) is 5.02. The zero-order valence-corrected chi connectivity index (χ0v) is 11.5. The van der Waals surface area contributed by atoms with Crippen molar-refractivity contribution in [1.29, 1.82) is 0 Å². The van der Waals surface area contributed by atoms with Crippen LogP contribution in [-0.4, -0.2) is 21.9 Å². The first kappa shape index (κ1) is 13.4. The van der Waals surface area contributed by atoms with Crippen molar-refractivity contribution in [2.45, 2.75) is 18.7 Å². The van der Waals surface area contributed by atoms with E-state index in [0.29, 0.717) is 11.6 Å². The van der Waals surface area contributed by atoms with Crippen molar-refractivity contribution in [1.82, 2.24) is 10.2 Å². The van der Waals surface area contributed by atoms with Crippen molar-refractivity contribution >= 4 is 29.4 Å². The highest BCUT2D eigenvalue weighted by molar-refractivity contribution is 8.00. The van der Waals surface area contributed by atoms with Gasteiger partial charge in [-0.3, -0.25) is 10.1 Å². The van der Waals surface area contributed by atoms with Gasteiger partial charge in [-0.2, -0.15) is 0 Å². The van der Waals surface area contributed by atoms with Gasteiger partial charge in [-0.25, -0.2) is 0 Å². The molecule has 2 aromatic rings. The fourth-order valence-corrected chi connectivity index (χ4v) is 2.28. The monoisotopic (exact) mass is 278 g/mol. The van der Waals surface area contributed by atoms with E-state index in [1.165, 1.54) is 11.8 Å². The molecule has 0 unspecified atom stereocenters. The fourth-order valence-electron chi connectivity index (χ4n) is 1.41. The maximum absolute atomic E-state index is 11.7. The Morgan fingerprint density at radius 2 is 2.21 bits per heavy atom. The lowest BCUT2D eigenvalue weighted by Gasteiger charge is -2.05. The van der Waals surface area contributed by atoms with Gasteiger partial charge in [0.05, 0.1) is 5.75 Å². The van der Waals surface area contributed by atoms with Crippen LogP contribution >= 0.6 is 11.8 Å². The molecule has 0 fully saturated rings. The minimum absolute atomic E-state index is 0.111. The number of anilines is 2. The number of carbonyl (C=O) groups excluding carboxylic acids is 1. The first-order chi connectivity index (χ1) is 9.04. The summed E-state index contributed by atoms with van der Waals surface area (Å²) in [7, 11) is 0. The summed E-state index contributed by atoms with van der Waals surface area (Å²) >= 11 is 1.37. The van der Waals surface area contributed by atoms with E-state index in [-0.39, 0.29) is 17.7 Å². The molecular weight excluding hydrogens is 264 g/mol. The summed E-state index contributed by atoms with van der Waals surface area (Å²) in [5, 5.41) is 9.84. The van der Waals surface area contributed by atoms with Crippen molar-refractivity contribution in [3.05, 3.63) is 29.7 Å². The SMILES string of the molecule is Cc1ccc(N)c(SCC(=O)Nc2nnc(C)o2)c1. The van der Waals surface area contributed by atoms with Crippen LogP contribution in [0, 0.1) is 13.8 Å². The zero-order chi connectivity index (χ0) is 13.8. The van der Waals surface area contributed by atoms with Gasteiger partial charge in [0.25, 0.3) is 0 Å². The van der Waals surface area contributed by atoms with Crippen LogP contribution < -0.4 is 11.1 Å². The maximum atomic E-state index is 11.7. The molecule has 7 heteroatoms. The number of nitrogens with zero attached hydrogens (tertiary/aromatic N) is 2. The van der Waals surface area contributed by atoms with Crippen LogP contribution in [0.1, 0.15) is 11.5 Å². The minimum Gasteiger partial charge on any atom is -0.408 e. The molecule has 0 aliphatic rings. The molecule has 1 heterocycles. The lowest BCUT2D eigenvalue weighted by Crippen LogP contribution is -2.14. The summed E-state index contributed by atoms with van der Waals surface area (Å²) in [6.45, 7) is 3.63. The number of aryl methyl sites for hydroxylation is 2. The third-order valence-corrected chi connectivity index (χ3v) is 3.37. The summed E-state index contributed by atoms with van der Waals surface area (Å²) < 4.78 is 5.06. The summed E-state index contributed by atoms with van der Waals surface area (Å²) in [5.41, 5.74) is 7.60. The predicted molar refractivity (Wildman–Crippen MR) is 74.0 cm³/mol. The molecular formula is C12H14N4O2S. The Bertz CT molecular complexity index is 597. The lowest BCUT2D eigenvalue weighted by atomic mass is 10.2. The third kappa shape index (κ3) is 3.72. The van der Waals surface area contributed by atoms with Crippen molar-refractivity contribution in [3.8, 4) is 0 Å². The second kappa shape index (κ2) is 5.75. The summed E-state index contributed by atoms with van der Waals surface area (Å²) in [5.74, 6) is 0.426. The van der Waals surface area contributed by atoms with Gasteiger partial charge >= 0.3 is 6.01 Å². The highest BCUT2D eigenvalue weighted by Crippen LogP contribution is 2.25. The Morgan fingerprint density at radius 1 is 1.42 bits per heavy atom. The predicted octanol–water partition coefficient (Wildman–Crippen LogP) is 2.00. The van der Waals surface area contributed by atoms with E-state index in [9.17, 15) is 4.79 Å². The Labute approximate surface area is 114 Å². The number of nitrogens with two attached hydrogens (primary N) is 1. The number of hydrogen-bond donors (Lipinski definition) is 2. The van der Waals surface area contributed by atoms with Crippen LogP contribution in [0.25, 0.3) is 0 Å². The van der Waals surface area contributed by atoms with Crippen molar-refractivity contribution in [3.63, 3.8) is 0 Å². The molecule has 0 radical (unpaired) electrons. The fraction of sp³-hybridized carbons (Fsp3) is 0.250. The molecule has 6 nitrogen and oxygen atoms in total.